The highest BCUT2D eigenvalue weighted by Gasteiger charge is 2.03. The Kier molecular flexibility index (Phi) is 4.72. The van der Waals surface area contributed by atoms with Crippen molar-refractivity contribution in [2.75, 3.05) is 0 Å². The highest BCUT2D eigenvalue weighted by molar-refractivity contribution is 5.99. The van der Waals surface area contributed by atoms with Gasteiger partial charge in [-0.15, -0.1) is 0 Å². The topological polar surface area (TPSA) is 12.4 Å². The minimum atomic E-state index is 0.371. The van der Waals surface area contributed by atoms with E-state index in [2.05, 4.69) is 57.8 Å². The van der Waals surface area contributed by atoms with Gasteiger partial charge in [-0.25, -0.2) is 0 Å². The van der Waals surface area contributed by atoms with Crippen LogP contribution >= 0.6 is 0 Å². The summed E-state index contributed by atoms with van der Waals surface area (Å²) in [4.78, 5) is 4.60. The highest BCUT2D eigenvalue weighted by atomic mass is 14.8. The number of aliphatic imine (C=N–C) groups is 1. The van der Waals surface area contributed by atoms with E-state index in [0.29, 0.717) is 6.04 Å². The fraction of sp³-hybridized carbons (Fsp3) is 0.533. The molecule has 0 bridgehead atoms. The van der Waals surface area contributed by atoms with Gasteiger partial charge in [0.15, 0.2) is 0 Å². The van der Waals surface area contributed by atoms with Gasteiger partial charge in [-0.3, -0.25) is 4.99 Å². The molecule has 0 aromatic heterocycles. The molecular weight excluding hydrogens is 194 g/mol. The van der Waals surface area contributed by atoms with Gasteiger partial charge in [-0.05, 0) is 56.4 Å². The third-order valence-corrected chi connectivity index (χ3v) is 2.84. The van der Waals surface area contributed by atoms with Crippen molar-refractivity contribution in [3.63, 3.8) is 0 Å². The average molecular weight is 217 g/mol. The van der Waals surface area contributed by atoms with Crippen molar-refractivity contribution in [3.05, 3.63) is 34.9 Å². The van der Waals surface area contributed by atoms with Crippen molar-refractivity contribution < 1.29 is 0 Å². The molecule has 0 saturated heterocycles. The third-order valence-electron chi connectivity index (χ3n) is 2.84. The van der Waals surface area contributed by atoms with E-state index in [4.69, 9.17) is 0 Å². The first-order valence-corrected chi connectivity index (χ1v) is 6.25. The molecule has 0 heterocycles. The van der Waals surface area contributed by atoms with E-state index in [1.807, 2.05) is 0 Å². The van der Waals surface area contributed by atoms with Crippen LogP contribution in [0.5, 0.6) is 0 Å². The van der Waals surface area contributed by atoms with E-state index in [-0.39, 0.29) is 0 Å². The summed E-state index contributed by atoms with van der Waals surface area (Å²) in [6.45, 7) is 10.8. The molecule has 0 N–H and O–H groups in total. The number of rotatable bonds is 4. The van der Waals surface area contributed by atoms with Crippen LogP contribution in [0.25, 0.3) is 0 Å². The molecule has 0 aliphatic carbocycles. The van der Waals surface area contributed by atoms with Crippen molar-refractivity contribution in [2.24, 2.45) is 4.99 Å². The van der Waals surface area contributed by atoms with Crippen molar-refractivity contribution in [1.82, 2.24) is 0 Å². The normalized spacial score (nSPS) is 12.2. The summed E-state index contributed by atoms with van der Waals surface area (Å²) in [6, 6.07) is 7.10. The van der Waals surface area contributed by atoms with Crippen LogP contribution in [-0.4, -0.2) is 11.8 Å². The molecular formula is C15H23N. The van der Waals surface area contributed by atoms with Crippen molar-refractivity contribution in [3.8, 4) is 0 Å². The van der Waals surface area contributed by atoms with Crippen LogP contribution in [0.3, 0.4) is 0 Å². The number of aryl methyl sites for hydroxylation is 2. The second-order valence-electron chi connectivity index (χ2n) is 4.50. The van der Waals surface area contributed by atoms with Crippen LogP contribution in [0.2, 0.25) is 0 Å². The van der Waals surface area contributed by atoms with Crippen LogP contribution in [0.15, 0.2) is 23.2 Å². The standard InChI is InChI=1S/C15H23N/c1-6-13-8-9-15(10-14(13)7-2)12(5)16-11(3)4/h8-11H,6-7H2,1-5H3. The molecule has 0 atom stereocenters. The predicted molar refractivity (Wildman–Crippen MR) is 72.5 cm³/mol. The lowest BCUT2D eigenvalue weighted by atomic mass is 9.98. The molecule has 16 heavy (non-hydrogen) atoms. The lowest BCUT2D eigenvalue weighted by molar-refractivity contribution is 0.835. The summed E-state index contributed by atoms with van der Waals surface area (Å²) < 4.78 is 0. The summed E-state index contributed by atoms with van der Waals surface area (Å²) in [5.74, 6) is 0. The van der Waals surface area contributed by atoms with Crippen LogP contribution < -0.4 is 0 Å². The molecule has 0 aliphatic rings. The Morgan fingerprint density at radius 1 is 1.12 bits per heavy atom. The average Bonchev–Trinajstić information content (AvgIpc) is 2.27. The van der Waals surface area contributed by atoms with E-state index < -0.39 is 0 Å². The summed E-state index contributed by atoms with van der Waals surface area (Å²) in [7, 11) is 0. The maximum Gasteiger partial charge on any atom is 0.0446 e. The molecule has 0 unspecified atom stereocenters. The number of hydrogen-bond acceptors (Lipinski definition) is 1. The first-order valence-electron chi connectivity index (χ1n) is 6.25. The SMILES string of the molecule is CCc1ccc(C(C)=NC(C)C)cc1CC. The van der Waals surface area contributed by atoms with Crippen molar-refractivity contribution in [1.29, 1.82) is 0 Å². The maximum absolute atomic E-state index is 4.60. The second kappa shape index (κ2) is 5.83. The number of nitrogens with zero attached hydrogens (tertiary/aromatic N) is 1. The third kappa shape index (κ3) is 3.19. The molecule has 0 amide bonds. The molecule has 88 valence electrons. The van der Waals surface area contributed by atoms with Crippen LogP contribution in [0, 0.1) is 0 Å². The molecule has 1 nitrogen and oxygen atoms in total. The lowest BCUT2D eigenvalue weighted by Crippen LogP contribution is -2.02. The molecule has 1 aromatic rings. The molecule has 1 rings (SSSR count). The van der Waals surface area contributed by atoms with Gasteiger partial charge in [0.1, 0.15) is 0 Å². The van der Waals surface area contributed by atoms with Gasteiger partial charge < -0.3 is 0 Å². The van der Waals surface area contributed by atoms with Gasteiger partial charge in [-0.2, -0.15) is 0 Å². The molecule has 1 aromatic carbocycles. The van der Waals surface area contributed by atoms with Crippen LogP contribution in [-0.2, 0) is 12.8 Å². The van der Waals surface area contributed by atoms with E-state index in [1.54, 1.807) is 0 Å². The summed E-state index contributed by atoms with van der Waals surface area (Å²) in [5.41, 5.74) is 5.33. The largest absolute Gasteiger partial charge is 0.287 e. The fourth-order valence-electron chi connectivity index (χ4n) is 1.99. The van der Waals surface area contributed by atoms with Gasteiger partial charge in [0, 0.05) is 11.8 Å². The van der Waals surface area contributed by atoms with Crippen LogP contribution in [0.4, 0.5) is 0 Å². The summed E-state index contributed by atoms with van der Waals surface area (Å²) >= 11 is 0. The minimum Gasteiger partial charge on any atom is -0.287 e. The monoisotopic (exact) mass is 217 g/mol. The number of hydrogen-bond donors (Lipinski definition) is 0. The van der Waals surface area contributed by atoms with E-state index in [1.165, 1.54) is 16.7 Å². The quantitative estimate of drug-likeness (QED) is 0.675. The molecule has 0 aliphatic heterocycles. The van der Waals surface area contributed by atoms with Crippen molar-refractivity contribution >= 4 is 5.71 Å². The minimum absolute atomic E-state index is 0.371. The van der Waals surface area contributed by atoms with Gasteiger partial charge in [0.25, 0.3) is 0 Å². The zero-order chi connectivity index (χ0) is 12.1. The smallest absolute Gasteiger partial charge is 0.0446 e. The Morgan fingerprint density at radius 2 is 1.75 bits per heavy atom. The molecule has 0 radical (unpaired) electrons. The number of benzene rings is 1. The Morgan fingerprint density at radius 3 is 2.25 bits per heavy atom. The van der Waals surface area contributed by atoms with Gasteiger partial charge in [-0.1, -0.05) is 26.0 Å². The molecule has 0 fully saturated rings. The first kappa shape index (κ1) is 13.0. The van der Waals surface area contributed by atoms with Crippen LogP contribution in [0.1, 0.15) is 51.3 Å². The van der Waals surface area contributed by atoms with Gasteiger partial charge >= 0.3 is 0 Å². The zero-order valence-electron chi connectivity index (χ0n) is 11.2. The summed E-state index contributed by atoms with van der Waals surface area (Å²) in [5, 5.41) is 0. The Labute approximate surface area is 99.6 Å². The Balaban J connectivity index is 3.08. The van der Waals surface area contributed by atoms with Gasteiger partial charge in [0.05, 0.1) is 0 Å². The predicted octanol–water partition coefficient (Wildman–Crippen LogP) is 4.03. The lowest BCUT2D eigenvalue weighted by Gasteiger charge is -2.09. The fourth-order valence-corrected chi connectivity index (χ4v) is 1.99. The second-order valence-corrected chi connectivity index (χ2v) is 4.50. The van der Waals surface area contributed by atoms with Gasteiger partial charge in [0.2, 0.25) is 0 Å². The first-order chi connectivity index (χ1) is 7.58. The molecule has 1 heteroatoms. The molecule has 0 saturated carbocycles. The van der Waals surface area contributed by atoms with E-state index in [9.17, 15) is 0 Å². The summed E-state index contributed by atoms with van der Waals surface area (Å²) in [6.07, 6.45) is 2.22. The van der Waals surface area contributed by atoms with E-state index >= 15 is 0 Å². The van der Waals surface area contributed by atoms with E-state index in [0.717, 1.165) is 18.6 Å². The highest BCUT2D eigenvalue weighted by Crippen LogP contribution is 2.14. The Hall–Kier alpha value is -1.11. The van der Waals surface area contributed by atoms with Crippen molar-refractivity contribution in [2.45, 2.75) is 53.5 Å². The zero-order valence-corrected chi connectivity index (χ0v) is 11.2. The maximum atomic E-state index is 4.60. The Bertz CT molecular complexity index is 375. The molecule has 0 spiro atoms.